The van der Waals surface area contributed by atoms with Crippen molar-refractivity contribution in [2.24, 2.45) is 0 Å². The van der Waals surface area contributed by atoms with Crippen LogP contribution in [0.1, 0.15) is 23.7 Å². The first-order chi connectivity index (χ1) is 13.8. The molecule has 1 atom stereocenters. The molecular formula is C19H19ClF2INO4S. The number of hydrogen-bond donors (Lipinski definition) is 1. The standard InChI is InChI=1S/C19H19ClF2INO4S/c20-13-3-6-15(7-4-13)29(26,27)18(16-12-14(21)5-8-17(16)22)2-1-10-24-19(25)28-11-9-23/h3-8,12,18H,1-2,9-11H2,(H,24,25). The molecular weight excluding hydrogens is 539 g/mol. The zero-order chi connectivity index (χ0) is 21.4. The van der Waals surface area contributed by atoms with Crippen LogP contribution in [-0.4, -0.2) is 32.1 Å². The summed E-state index contributed by atoms with van der Waals surface area (Å²) < 4.78 is 59.9. The lowest BCUT2D eigenvalue weighted by Crippen LogP contribution is -2.26. The van der Waals surface area contributed by atoms with Crippen LogP contribution in [0.2, 0.25) is 5.02 Å². The van der Waals surface area contributed by atoms with E-state index in [-0.39, 0.29) is 36.5 Å². The fourth-order valence-corrected chi connectivity index (χ4v) is 4.87. The summed E-state index contributed by atoms with van der Waals surface area (Å²) in [6.45, 7) is 0.387. The van der Waals surface area contributed by atoms with Crippen molar-refractivity contribution in [2.45, 2.75) is 23.0 Å². The second-order valence-electron chi connectivity index (χ2n) is 6.05. The predicted octanol–water partition coefficient (Wildman–Crippen LogP) is 5.07. The number of alkyl halides is 1. The van der Waals surface area contributed by atoms with Crippen LogP contribution in [-0.2, 0) is 14.6 Å². The van der Waals surface area contributed by atoms with E-state index in [9.17, 15) is 22.0 Å². The Morgan fingerprint density at radius 2 is 1.86 bits per heavy atom. The lowest BCUT2D eigenvalue weighted by Gasteiger charge is -2.19. The van der Waals surface area contributed by atoms with Crippen molar-refractivity contribution < 1.29 is 26.7 Å². The number of sulfone groups is 1. The Kier molecular flexibility index (Phi) is 9.09. The highest BCUT2D eigenvalue weighted by Gasteiger charge is 2.31. The third-order valence-electron chi connectivity index (χ3n) is 4.04. The zero-order valence-corrected chi connectivity index (χ0v) is 18.9. The van der Waals surface area contributed by atoms with E-state index in [1.807, 2.05) is 0 Å². The third kappa shape index (κ3) is 6.78. The first-order valence-electron chi connectivity index (χ1n) is 8.66. The van der Waals surface area contributed by atoms with Gasteiger partial charge in [-0.3, -0.25) is 0 Å². The lowest BCUT2D eigenvalue weighted by molar-refractivity contribution is 0.153. The normalized spacial score (nSPS) is 12.4. The highest BCUT2D eigenvalue weighted by Crippen LogP contribution is 2.35. The highest BCUT2D eigenvalue weighted by molar-refractivity contribution is 14.1. The number of benzene rings is 2. The molecule has 0 fully saturated rings. The Labute approximate surface area is 186 Å². The fourth-order valence-electron chi connectivity index (χ4n) is 2.69. The molecule has 2 aromatic carbocycles. The van der Waals surface area contributed by atoms with Crippen molar-refractivity contribution in [3.8, 4) is 0 Å². The fraction of sp³-hybridized carbons (Fsp3) is 0.316. The van der Waals surface area contributed by atoms with E-state index >= 15 is 0 Å². The first-order valence-corrected chi connectivity index (χ1v) is 12.1. The zero-order valence-electron chi connectivity index (χ0n) is 15.2. The summed E-state index contributed by atoms with van der Waals surface area (Å²) in [5.74, 6) is -1.55. The molecule has 5 nitrogen and oxygen atoms in total. The second kappa shape index (κ2) is 11.1. The van der Waals surface area contributed by atoms with Crippen LogP contribution in [0, 0.1) is 11.6 Å². The minimum absolute atomic E-state index is 0.0299. The molecule has 158 valence electrons. The summed E-state index contributed by atoms with van der Waals surface area (Å²) in [5.41, 5.74) is -0.257. The number of ether oxygens (including phenoxy) is 1. The number of rotatable bonds is 9. The van der Waals surface area contributed by atoms with E-state index in [0.29, 0.717) is 9.45 Å². The molecule has 2 aromatic rings. The quantitative estimate of drug-likeness (QED) is 0.265. The van der Waals surface area contributed by atoms with Gasteiger partial charge in [0.25, 0.3) is 0 Å². The summed E-state index contributed by atoms with van der Waals surface area (Å²) in [6.07, 6.45) is -0.430. The van der Waals surface area contributed by atoms with Gasteiger partial charge in [-0.25, -0.2) is 22.0 Å². The minimum Gasteiger partial charge on any atom is -0.449 e. The van der Waals surface area contributed by atoms with Crippen LogP contribution in [0.4, 0.5) is 13.6 Å². The molecule has 10 heteroatoms. The van der Waals surface area contributed by atoms with E-state index < -0.39 is 32.8 Å². The smallest absolute Gasteiger partial charge is 0.407 e. The molecule has 29 heavy (non-hydrogen) atoms. The number of carbonyl (C=O) groups is 1. The molecule has 0 saturated heterocycles. The maximum absolute atomic E-state index is 14.4. The molecule has 0 radical (unpaired) electrons. The Morgan fingerprint density at radius 1 is 1.17 bits per heavy atom. The molecule has 0 aromatic heterocycles. The summed E-state index contributed by atoms with van der Waals surface area (Å²) in [4.78, 5) is 11.4. The molecule has 0 aliphatic carbocycles. The van der Waals surface area contributed by atoms with Gasteiger partial charge in [0.2, 0.25) is 0 Å². The van der Waals surface area contributed by atoms with E-state index in [2.05, 4.69) is 27.9 Å². The van der Waals surface area contributed by atoms with Gasteiger partial charge in [-0.2, -0.15) is 0 Å². The number of halogens is 4. The Morgan fingerprint density at radius 3 is 2.52 bits per heavy atom. The molecule has 0 aliphatic rings. The lowest BCUT2D eigenvalue weighted by atomic mass is 10.1. The molecule has 0 aliphatic heterocycles. The van der Waals surface area contributed by atoms with Gasteiger partial charge in [0.05, 0.1) is 10.1 Å². The Hall–Kier alpha value is -1.46. The molecule has 0 bridgehead atoms. The largest absolute Gasteiger partial charge is 0.449 e. The predicted molar refractivity (Wildman–Crippen MR) is 115 cm³/mol. The van der Waals surface area contributed by atoms with Crippen molar-refractivity contribution >= 4 is 50.1 Å². The summed E-state index contributed by atoms with van der Waals surface area (Å²) >= 11 is 7.87. The van der Waals surface area contributed by atoms with Crippen LogP contribution in [0.3, 0.4) is 0 Å². The van der Waals surface area contributed by atoms with Crippen molar-refractivity contribution in [2.75, 3.05) is 17.6 Å². The number of carbonyl (C=O) groups excluding carboxylic acids is 1. The molecule has 0 heterocycles. The Balaban J connectivity index is 2.23. The van der Waals surface area contributed by atoms with Crippen LogP contribution in [0.15, 0.2) is 47.4 Å². The number of hydrogen-bond acceptors (Lipinski definition) is 4. The summed E-state index contributed by atoms with van der Waals surface area (Å²) in [5, 5.41) is 1.53. The number of amides is 1. The maximum atomic E-state index is 14.4. The number of alkyl carbamates (subject to hydrolysis) is 1. The van der Waals surface area contributed by atoms with E-state index in [1.165, 1.54) is 24.3 Å². The summed E-state index contributed by atoms with van der Waals surface area (Å²) in [6, 6.07) is 8.18. The number of nitrogens with one attached hydrogen (secondary N) is 1. The van der Waals surface area contributed by atoms with Gasteiger partial charge in [-0.15, -0.1) is 0 Å². The highest BCUT2D eigenvalue weighted by atomic mass is 127. The van der Waals surface area contributed by atoms with Crippen molar-refractivity contribution in [1.82, 2.24) is 5.32 Å². The van der Waals surface area contributed by atoms with Crippen molar-refractivity contribution in [3.63, 3.8) is 0 Å². The van der Waals surface area contributed by atoms with Gasteiger partial charge in [-0.05, 0) is 55.3 Å². The molecule has 1 N–H and O–H groups in total. The van der Waals surface area contributed by atoms with Crippen molar-refractivity contribution in [3.05, 3.63) is 64.7 Å². The van der Waals surface area contributed by atoms with Gasteiger partial charge < -0.3 is 10.1 Å². The van der Waals surface area contributed by atoms with Gasteiger partial charge in [0.15, 0.2) is 9.84 Å². The summed E-state index contributed by atoms with van der Waals surface area (Å²) in [7, 11) is -4.04. The van der Waals surface area contributed by atoms with E-state index in [1.54, 1.807) is 0 Å². The minimum atomic E-state index is -4.04. The molecule has 2 rings (SSSR count). The van der Waals surface area contributed by atoms with Gasteiger partial charge >= 0.3 is 6.09 Å². The SMILES string of the molecule is O=C(NCCCC(c1cc(F)ccc1F)S(=O)(=O)c1ccc(Cl)cc1)OCCI. The van der Waals surface area contributed by atoms with E-state index in [0.717, 1.165) is 18.2 Å². The van der Waals surface area contributed by atoms with Crippen LogP contribution >= 0.6 is 34.2 Å². The third-order valence-corrected chi connectivity index (χ3v) is 6.90. The monoisotopic (exact) mass is 557 g/mol. The maximum Gasteiger partial charge on any atom is 0.407 e. The van der Waals surface area contributed by atoms with Gasteiger partial charge in [-0.1, -0.05) is 34.2 Å². The van der Waals surface area contributed by atoms with Crippen LogP contribution in [0.5, 0.6) is 0 Å². The van der Waals surface area contributed by atoms with Gasteiger partial charge in [0.1, 0.15) is 18.2 Å². The van der Waals surface area contributed by atoms with Crippen LogP contribution < -0.4 is 5.32 Å². The van der Waals surface area contributed by atoms with E-state index in [4.69, 9.17) is 16.3 Å². The molecule has 0 saturated carbocycles. The molecule has 1 amide bonds. The van der Waals surface area contributed by atoms with Crippen molar-refractivity contribution in [1.29, 1.82) is 0 Å². The molecule has 1 unspecified atom stereocenters. The Bertz CT molecular complexity index is 942. The molecule has 0 spiro atoms. The first kappa shape index (κ1) is 23.8. The average Bonchev–Trinajstić information content (AvgIpc) is 2.68. The van der Waals surface area contributed by atoms with Crippen LogP contribution in [0.25, 0.3) is 0 Å². The second-order valence-corrected chi connectivity index (χ2v) is 9.69. The topological polar surface area (TPSA) is 72.5 Å². The average molecular weight is 558 g/mol. The van der Waals surface area contributed by atoms with Gasteiger partial charge in [0, 0.05) is 21.6 Å².